The van der Waals surface area contributed by atoms with E-state index in [1.54, 1.807) is 0 Å². The lowest BCUT2D eigenvalue weighted by molar-refractivity contribution is 0.0863. The molecule has 2 nitrogen and oxygen atoms in total. The molecule has 0 spiro atoms. The van der Waals surface area contributed by atoms with E-state index in [0.717, 1.165) is 12.0 Å². The van der Waals surface area contributed by atoms with Gasteiger partial charge in [0, 0.05) is 38.8 Å². The highest BCUT2D eigenvalue weighted by Gasteiger charge is 2.26. The number of nitrogens with zero attached hydrogens (tertiary/aromatic N) is 2. The number of hydrogen-bond acceptors (Lipinski definition) is 2. The van der Waals surface area contributed by atoms with Crippen LogP contribution in [0.3, 0.4) is 0 Å². The predicted molar refractivity (Wildman–Crippen MR) is 76.8 cm³/mol. The third-order valence-corrected chi connectivity index (χ3v) is 5.14. The molecule has 1 heterocycles. The molecule has 0 radical (unpaired) electrons. The minimum Gasteiger partial charge on any atom is -0.301 e. The molecule has 1 unspecified atom stereocenters. The van der Waals surface area contributed by atoms with Gasteiger partial charge in [-0.3, -0.25) is 4.90 Å². The van der Waals surface area contributed by atoms with Gasteiger partial charge in [0.25, 0.3) is 0 Å². The number of allylic oxidation sites excluding steroid dienone is 2. The molecule has 1 saturated carbocycles. The van der Waals surface area contributed by atoms with Crippen molar-refractivity contribution in [2.24, 2.45) is 5.92 Å². The molecule has 1 atom stereocenters. The summed E-state index contributed by atoms with van der Waals surface area (Å²) < 4.78 is 0. The van der Waals surface area contributed by atoms with Crippen LogP contribution in [0.2, 0.25) is 0 Å². The zero-order chi connectivity index (χ0) is 12.2. The molecule has 2 fully saturated rings. The lowest BCUT2D eigenvalue weighted by Gasteiger charge is -2.39. The van der Waals surface area contributed by atoms with Crippen molar-refractivity contribution < 1.29 is 0 Å². The molecule has 3 rings (SSSR count). The van der Waals surface area contributed by atoms with E-state index in [1.165, 1.54) is 77.7 Å². The van der Waals surface area contributed by atoms with Crippen LogP contribution in [0.15, 0.2) is 12.2 Å². The Bertz CT molecular complexity index is 273. The van der Waals surface area contributed by atoms with Gasteiger partial charge in [-0.2, -0.15) is 0 Å². The zero-order valence-electron chi connectivity index (χ0n) is 11.7. The summed E-state index contributed by atoms with van der Waals surface area (Å²) in [6, 6.07) is 0.935. The normalized spacial score (nSPS) is 32.1. The Kier molecular flexibility index (Phi) is 4.37. The van der Waals surface area contributed by atoms with Crippen molar-refractivity contribution in [1.82, 2.24) is 9.80 Å². The molecule has 0 aromatic carbocycles. The Hall–Kier alpha value is -0.340. The van der Waals surface area contributed by atoms with E-state index in [1.807, 2.05) is 0 Å². The molecule has 2 heteroatoms. The predicted octanol–water partition coefficient (Wildman–Crippen LogP) is 2.90. The zero-order valence-corrected chi connectivity index (χ0v) is 11.7. The summed E-state index contributed by atoms with van der Waals surface area (Å²) >= 11 is 0. The first-order chi connectivity index (χ1) is 8.92. The van der Waals surface area contributed by atoms with Crippen LogP contribution in [-0.4, -0.2) is 48.6 Å². The highest BCUT2D eigenvalue weighted by Crippen LogP contribution is 2.25. The highest BCUT2D eigenvalue weighted by molar-refractivity contribution is 4.91. The van der Waals surface area contributed by atoms with Gasteiger partial charge in [-0.1, -0.05) is 25.0 Å². The highest BCUT2D eigenvalue weighted by atomic mass is 15.3. The standard InChI is InChI=1S/C16H28N2/c1-2-6-15(7-3-1)14-17-10-12-18(13-11-17)16-8-4-5-9-16/h1-2,15-16H,3-14H2. The van der Waals surface area contributed by atoms with E-state index in [-0.39, 0.29) is 0 Å². The molecule has 0 N–H and O–H groups in total. The van der Waals surface area contributed by atoms with E-state index in [0.29, 0.717) is 0 Å². The second-order valence-corrected chi connectivity index (χ2v) is 6.43. The SMILES string of the molecule is C1=CCC(CN2CCN(C3CCCC3)CC2)CC1. The van der Waals surface area contributed by atoms with Crippen LogP contribution in [0.4, 0.5) is 0 Å². The summed E-state index contributed by atoms with van der Waals surface area (Å²) in [4.78, 5) is 5.49. The average Bonchev–Trinajstić information content (AvgIpc) is 2.95. The molecule has 102 valence electrons. The molecule has 3 aliphatic rings. The van der Waals surface area contributed by atoms with Crippen molar-refractivity contribution in [3.8, 4) is 0 Å². The summed E-state index contributed by atoms with van der Waals surface area (Å²) in [5, 5.41) is 0. The lowest BCUT2D eigenvalue weighted by Crippen LogP contribution is -2.50. The monoisotopic (exact) mass is 248 g/mol. The Balaban J connectivity index is 1.40. The molecule has 1 saturated heterocycles. The van der Waals surface area contributed by atoms with Gasteiger partial charge in [0.2, 0.25) is 0 Å². The van der Waals surface area contributed by atoms with Gasteiger partial charge in [0.05, 0.1) is 0 Å². The van der Waals surface area contributed by atoms with Crippen LogP contribution in [0, 0.1) is 5.92 Å². The summed E-state index contributed by atoms with van der Waals surface area (Å²) in [6.45, 7) is 6.64. The van der Waals surface area contributed by atoms with E-state index in [9.17, 15) is 0 Å². The van der Waals surface area contributed by atoms with Crippen molar-refractivity contribution in [3.63, 3.8) is 0 Å². The van der Waals surface area contributed by atoms with Crippen LogP contribution in [-0.2, 0) is 0 Å². The molecule has 0 aromatic heterocycles. The quantitative estimate of drug-likeness (QED) is 0.709. The molecule has 0 bridgehead atoms. The van der Waals surface area contributed by atoms with Crippen LogP contribution >= 0.6 is 0 Å². The van der Waals surface area contributed by atoms with Crippen LogP contribution in [0.5, 0.6) is 0 Å². The fraction of sp³-hybridized carbons (Fsp3) is 0.875. The second-order valence-electron chi connectivity index (χ2n) is 6.43. The van der Waals surface area contributed by atoms with E-state index in [4.69, 9.17) is 0 Å². The van der Waals surface area contributed by atoms with E-state index >= 15 is 0 Å². The first-order valence-electron chi connectivity index (χ1n) is 8.03. The van der Waals surface area contributed by atoms with Gasteiger partial charge in [0.15, 0.2) is 0 Å². The second kappa shape index (κ2) is 6.21. The van der Waals surface area contributed by atoms with Crippen LogP contribution < -0.4 is 0 Å². The van der Waals surface area contributed by atoms with Gasteiger partial charge in [-0.05, 0) is 38.0 Å². The maximum atomic E-state index is 2.77. The van der Waals surface area contributed by atoms with Gasteiger partial charge in [-0.25, -0.2) is 0 Å². The molecule has 0 aromatic rings. The molecule has 2 aliphatic carbocycles. The van der Waals surface area contributed by atoms with Crippen LogP contribution in [0.1, 0.15) is 44.9 Å². The smallest absolute Gasteiger partial charge is 0.0113 e. The Morgan fingerprint density at radius 1 is 0.889 bits per heavy atom. The summed E-state index contributed by atoms with van der Waals surface area (Å²) in [7, 11) is 0. The van der Waals surface area contributed by atoms with Crippen LogP contribution in [0.25, 0.3) is 0 Å². The van der Waals surface area contributed by atoms with Gasteiger partial charge in [-0.15, -0.1) is 0 Å². The van der Waals surface area contributed by atoms with Crippen molar-refractivity contribution in [2.45, 2.75) is 51.0 Å². The van der Waals surface area contributed by atoms with E-state index in [2.05, 4.69) is 22.0 Å². The first kappa shape index (κ1) is 12.7. The maximum Gasteiger partial charge on any atom is 0.0113 e. The summed E-state index contributed by atoms with van der Waals surface area (Å²) in [5.74, 6) is 0.938. The molecular weight excluding hydrogens is 220 g/mol. The van der Waals surface area contributed by atoms with Crippen molar-refractivity contribution in [2.75, 3.05) is 32.7 Å². The molecular formula is C16H28N2. The summed E-state index contributed by atoms with van der Waals surface area (Å²) in [6.07, 6.45) is 14.7. The third-order valence-electron chi connectivity index (χ3n) is 5.14. The molecule has 18 heavy (non-hydrogen) atoms. The largest absolute Gasteiger partial charge is 0.301 e. The molecule has 1 aliphatic heterocycles. The Labute approximate surface area is 112 Å². The minimum atomic E-state index is 0.935. The topological polar surface area (TPSA) is 6.48 Å². The maximum absolute atomic E-state index is 2.77. The van der Waals surface area contributed by atoms with Crippen molar-refractivity contribution >= 4 is 0 Å². The average molecular weight is 248 g/mol. The van der Waals surface area contributed by atoms with Crippen molar-refractivity contribution in [1.29, 1.82) is 0 Å². The fourth-order valence-electron chi connectivity index (χ4n) is 3.97. The third kappa shape index (κ3) is 3.16. The van der Waals surface area contributed by atoms with Gasteiger partial charge < -0.3 is 4.90 Å². The van der Waals surface area contributed by atoms with E-state index < -0.39 is 0 Å². The Morgan fingerprint density at radius 2 is 1.67 bits per heavy atom. The fourth-order valence-corrected chi connectivity index (χ4v) is 3.97. The van der Waals surface area contributed by atoms with Crippen molar-refractivity contribution in [3.05, 3.63) is 12.2 Å². The lowest BCUT2D eigenvalue weighted by atomic mass is 9.94. The first-order valence-corrected chi connectivity index (χ1v) is 8.03. The minimum absolute atomic E-state index is 0.935. The Morgan fingerprint density at radius 3 is 2.33 bits per heavy atom. The van der Waals surface area contributed by atoms with Gasteiger partial charge in [0.1, 0.15) is 0 Å². The number of piperazine rings is 1. The van der Waals surface area contributed by atoms with Gasteiger partial charge >= 0.3 is 0 Å². The number of rotatable bonds is 3. The number of hydrogen-bond donors (Lipinski definition) is 0. The summed E-state index contributed by atoms with van der Waals surface area (Å²) in [5.41, 5.74) is 0. The molecule has 0 amide bonds.